The molecule has 1 saturated heterocycles. The van der Waals surface area contributed by atoms with Gasteiger partial charge in [0.05, 0.1) is 30.8 Å². The van der Waals surface area contributed by atoms with Gasteiger partial charge in [0, 0.05) is 12.0 Å². The zero-order valence-electron chi connectivity index (χ0n) is 14.4. The number of hydrogen-bond acceptors (Lipinski definition) is 3. The first-order chi connectivity index (χ1) is 13.2. The number of amides is 1. The zero-order chi connectivity index (χ0) is 21.6. The summed E-state index contributed by atoms with van der Waals surface area (Å²) in [5, 5.41) is 3.78. The summed E-state index contributed by atoms with van der Waals surface area (Å²) >= 11 is 0. The molecule has 2 aromatic rings. The van der Waals surface area contributed by atoms with Crippen LogP contribution in [0, 0.1) is 0 Å². The minimum Gasteiger partial charge on any atom is -0.330 e. The number of nitrogens with zero attached hydrogens (tertiary/aromatic N) is 4. The Kier molecular flexibility index (Phi) is 5.03. The first-order valence-corrected chi connectivity index (χ1v) is 8.09. The lowest BCUT2D eigenvalue weighted by atomic mass is 10.0. The second-order valence-electron chi connectivity index (χ2n) is 6.48. The Labute approximate surface area is 157 Å². The van der Waals surface area contributed by atoms with Crippen molar-refractivity contribution in [1.29, 1.82) is 0 Å². The molecule has 1 amide bonds. The third-order valence-electron chi connectivity index (χ3n) is 4.13. The first kappa shape index (κ1) is 21.0. The van der Waals surface area contributed by atoms with E-state index in [2.05, 4.69) is 10.1 Å². The topological polar surface area (TPSA) is 51.0 Å². The van der Waals surface area contributed by atoms with Crippen molar-refractivity contribution >= 4 is 5.91 Å². The summed E-state index contributed by atoms with van der Waals surface area (Å²) in [6.45, 7) is -1.52. The molecule has 0 spiro atoms. The third-order valence-corrected chi connectivity index (χ3v) is 4.13. The molecule has 0 unspecified atom stereocenters. The fraction of sp³-hybridized carbons (Fsp3) is 0.438. The quantitative estimate of drug-likeness (QED) is 0.696. The smallest absolute Gasteiger partial charge is 0.330 e. The summed E-state index contributed by atoms with van der Waals surface area (Å²) in [4.78, 5) is 16.4. The predicted octanol–water partition coefficient (Wildman–Crippen LogP) is 3.85. The molecule has 0 N–H and O–H groups in total. The van der Waals surface area contributed by atoms with E-state index in [1.54, 1.807) is 0 Å². The maximum atomic E-state index is 12.9. The van der Waals surface area contributed by atoms with E-state index < -0.39 is 59.8 Å². The van der Waals surface area contributed by atoms with Gasteiger partial charge in [-0.3, -0.25) is 9.48 Å². The minimum absolute atomic E-state index is 0.0119. The standard InChI is InChI=1S/C16H12F8N4O/c17-14(18)6-27(7-14)12(29)1-2-28-8-25-13(26-28)9-3-10(15(19,20)21)5-11(4-9)16(22,23)24/h3-5,8H,1-2,6-7H2. The lowest BCUT2D eigenvalue weighted by Crippen LogP contribution is -2.58. The van der Waals surface area contributed by atoms with Gasteiger partial charge in [0.15, 0.2) is 5.82 Å². The number of aryl methyl sites for hydroxylation is 1. The van der Waals surface area contributed by atoms with Gasteiger partial charge in [-0.05, 0) is 18.2 Å². The van der Waals surface area contributed by atoms with Crippen LogP contribution in [0.15, 0.2) is 24.5 Å². The number of halogens is 8. The maximum absolute atomic E-state index is 12.9. The van der Waals surface area contributed by atoms with E-state index in [0.29, 0.717) is 12.1 Å². The van der Waals surface area contributed by atoms with Crippen molar-refractivity contribution in [3.8, 4) is 11.4 Å². The lowest BCUT2D eigenvalue weighted by Gasteiger charge is -2.38. The van der Waals surface area contributed by atoms with E-state index in [-0.39, 0.29) is 19.0 Å². The van der Waals surface area contributed by atoms with Crippen LogP contribution in [0.2, 0.25) is 0 Å². The molecule has 2 heterocycles. The highest BCUT2D eigenvalue weighted by molar-refractivity contribution is 5.77. The van der Waals surface area contributed by atoms with Crippen LogP contribution in [0.25, 0.3) is 11.4 Å². The minimum atomic E-state index is -5.01. The van der Waals surface area contributed by atoms with Gasteiger partial charge in [0.2, 0.25) is 5.91 Å². The number of carbonyl (C=O) groups excluding carboxylic acids is 1. The van der Waals surface area contributed by atoms with Crippen molar-refractivity contribution in [3.63, 3.8) is 0 Å². The number of carbonyl (C=O) groups is 1. The fourth-order valence-corrected chi connectivity index (χ4v) is 2.68. The molecule has 13 heteroatoms. The van der Waals surface area contributed by atoms with Crippen LogP contribution in [-0.4, -0.2) is 44.6 Å². The van der Waals surface area contributed by atoms with Crippen molar-refractivity contribution in [2.24, 2.45) is 0 Å². The molecule has 3 rings (SSSR count). The number of benzene rings is 1. The molecule has 29 heavy (non-hydrogen) atoms. The predicted molar refractivity (Wildman–Crippen MR) is 81.6 cm³/mol. The van der Waals surface area contributed by atoms with Crippen LogP contribution in [0.5, 0.6) is 0 Å². The summed E-state index contributed by atoms with van der Waals surface area (Å²) < 4.78 is 104. The van der Waals surface area contributed by atoms with E-state index >= 15 is 0 Å². The lowest BCUT2D eigenvalue weighted by molar-refractivity contribution is -0.165. The Hall–Kier alpha value is -2.73. The zero-order valence-corrected chi connectivity index (χ0v) is 14.4. The Morgan fingerprint density at radius 1 is 1.00 bits per heavy atom. The second-order valence-corrected chi connectivity index (χ2v) is 6.48. The second kappa shape index (κ2) is 6.95. The highest BCUT2D eigenvalue weighted by Crippen LogP contribution is 2.38. The normalized spacial score (nSPS) is 16.6. The molecule has 1 aliphatic heterocycles. The van der Waals surface area contributed by atoms with Crippen molar-refractivity contribution in [1.82, 2.24) is 19.7 Å². The SMILES string of the molecule is O=C(CCn1cnc(-c2cc(C(F)(F)F)cc(C(F)(F)F)c2)n1)N1CC(F)(F)C1. The highest BCUT2D eigenvalue weighted by Gasteiger charge is 2.45. The van der Waals surface area contributed by atoms with Crippen LogP contribution < -0.4 is 0 Å². The van der Waals surface area contributed by atoms with Gasteiger partial charge in [-0.15, -0.1) is 0 Å². The van der Waals surface area contributed by atoms with E-state index in [1.807, 2.05) is 0 Å². The summed E-state index contributed by atoms with van der Waals surface area (Å²) in [6, 6.07) is 0.965. The van der Waals surface area contributed by atoms with Gasteiger partial charge < -0.3 is 4.90 Å². The summed E-state index contributed by atoms with van der Waals surface area (Å²) in [6.07, 6.45) is -9.22. The molecule has 0 atom stereocenters. The number of hydrogen-bond donors (Lipinski definition) is 0. The molecule has 0 radical (unpaired) electrons. The number of rotatable bonds is 4. The average molecular weight is 428 g/mol. The first-order valence-electron chi connectivity index (χ1n) is 8.09. The molecule has 5 nitrogen and oxygen atoms in total. The van der Waals surface area contributed by atoms with Crippen molar-refractivity contribution in [2.75, 3.05) is 13.1 Å². The van der Waals surface area contributed by atoms with Crippen LogP contribution in [0.4, 0.5) is 35.1 Å². The summed E-state index contributed by atoms with van der Waals surface area (Å²) in [5.74, 6) is -3.90. The molecule has 1 aliphatic rings. The van der Waals surface area contributed by atoms with Crippen LogP contribution >= 0.6 is 0 Å². The van der Waals surface area contributed by atoms with E-state index in [1.165, 1.54) is 0 Å². The average Bonchev–Trinajstić information content (AvgIpc) is 3.04. The molecule has 158 valence electrons. The van der Waals surface area contributed by atoms with Gasteiger partial charge in [-0.2, -0.15) is 31.4 Å². The van der Waals surface area contributed by atoms with Gasteiger partial charge in [-0.25, -0.2) is 13.8 Å². The monoisotopic (exact) mass is 428 g/mol. The Morgan fingerprint density at radius 2 is 1.55 bits per heavy atom. The van der Waals surface area contributed by atoms with Gasteiger partial charge in [0.1, 0.15) is 6.33 Å². The molecule has 0 bridgehead atoms. The molecule has 1 aromatic heterocycles. The van der Waals surface area contributed by atoms with Crippen LogP contribution in [0.1, 0.15) is 17.5 Å². The highest BCUT2D eigenvalue weighted by atomic mass is 19.4. The van der Waals surface area contributed by atoms with E-state index in [9.17, 15) is 39.9 Å². The Morgan fingerprint density at radius 3 is 2.03 bits per heavy atom. The van der Waals surface area contributed by atoms with Gasteiger partial charge in [0.25, 0.3) is 5.92 Å². The molecule has 1 fully saturated rings. The molecular weight excluding hydrogens is 416 g/mol. The number of aromatic nitrogens is 3. The van der Waals surface area contributed by atoms with Gasteiger partial charge in [-0.1, -0.05) is 0 Å². The number of alkyl halides is 8. The molecular formula is C16H12F8N4O. The molecule has 0 aliphatic carbocycles. The van der Waals surface area contributed by atoms with Crippen LogP contribution in [-0.2, 0) is 23.7 Å². The van der Waals surface area contributed by atoms with E-state index in [0.717, 1.165) is 15.9 Å². The summed E-state index contributed by atoms with van der Waals surface area (Å²) in [7, 11) is 0. The van der Waals surface area contributed by atoms with Gasteiger partial charge >= 0.3 is 12.4 Å². The third kappa shape index (κ3) is 4.82. The Bertz CT molecular complexity index is 878. The van der Waals surface area contributed by atoms with Crippen LogP contribution in [0.3, 0.4) is 0 Å². The van der Waals surface area contributed by atoms with Crippen molar-refractivity contribution < 1.29 is 39.9 Å². The van der Waals surface area contributed by atoms with Crippen molar-refractivity contribution in [3.05, 3.63) is 35.7 Å². The maximum Gasteiger partial charge on any atom is 0.416 e. The summed E-state index contributed by atoms with van der Waals surface area (Å²) in [5.41, 5.74) is -3.51. The Balaban J connectivity index is 1.76. The largest absolute Gasteiger partial charge is 0.416 e. The van der Waals surface area contributed by atoms with Crippen molar-refractivity contribution in [2.45, 2.75) is 31.2 Å². The number of likely N-dealkylation sites (tertiary alicyclic amines) is 1. The molecule has 1 aromatic carbocycles. The molecule has 0 saturated carbocycles. The fourth-order valence-electron chi connectivity index (χ4n) is 2.68. The van der Waals surface area contributed by atoms with E-state index in [4.69, 9.17) is 0 Å².